The number of fused-ring (bicyclic) bond motifs is 1. The molecule has 0 aliphatic rings. The maximum atomic E-state index is 12.8. The lowest BCUT2D eigenvalue weighted by molar-refractivity contribution is -0.144. The van der Waals surface area contributed by atoms with Crippen LogP contribution in [0.2, 0.25) is 0 Å². The van der Waals surface area contributed by atoms with Crippen molar-refractivity contribution in [3.63, 3.8) is 0 Å². The number of rotatable bonds is 7. The first-order valence-electron chi connectivity index (χ1n) is 8.72. The van der Waals surface area contributed by atoms with Crippen LogP contribution in [0.1, 0.15) is 13.8 Å². The fourth-order valence-corrected chi connectivity index (χ4v) is 2.63. The molecule has 29 heavy (non-hydrogen) atoms. The van der Waals surface area contributed by atoms with Crippen LogP contribution < -0.4 is 14.9 Å². The van der Waals surface area contributed by atoms with Crippen molar-refractivity contribution in [3.05, 3.63) is 58.8 Å². The van der Waals surface area contributed by atoms with Crippen molar-refractivity contribution in [3.8, 4) is 22.8 Å². The fraction of sp³-hybridized carbons (Fsp3) is 0.190. The van der Waals surface area contributed by atoms with E-state index < -0.39 is 29.6 Å². The van der Waals surface area contributed by atoms with Crippen molar-refractivity contribution >= 4 is 22.9 Å². The van der Waals surface area contributed by atoms with Gasteiger partial charge in [0.25, 0.3) is 0 Å². The van der Waals surface area contributed by atoms with Crippen LogP contribution in [-0.4, -0.2) is 34.4 Å². The molecular formula is C21H18O8. The highest BCUT2D eigenvalue weighted by atomic mass is 16.5. The van der Waals surface area contributed by atoms with E-state index in [1.54, 1.807) is 24.3 Å². The Morgan fingerprint density at radius 3 is 2.17 bits per heavy atom. The number of carboxylic acid groups (broad SMARTS) is 2. The Kier molecular flexibility index (Phi) is 5.54. The van der Waals surface area contributed by atoms with Gasteiger partial charge < -0.3 is 24.1 Å². The summed E-state index contributed by atoms with van der Waals surface area (Å²) in [6, 6.07) is 12.9. The normalized spacial score (nSPS) is 12.9. The third-order valence-corrected chi connectivity index (χ3v) is 4.14. The molecule has 2 N–H and O–H groups in total. The smallest absolute Gasteiger partial charge is 0.344 e. The Labute approximate surface area is 164 Å². The third-order valence-electron chi connectivity index (χ3n) is 4.14. The summed E-state index contributed by atoms with van der Waals surface area (Å²) in [7, 11) is 0. The van der Waals surface area contributed by atoms with E-state index in [-0.39, 0.29) is 22.5 Å². The molecule has 1 heterocycles. The standard InChI is InChI=1S/C21H18O8/c1-11(20(23)24)27-14-8-17(28-12(2)21(25)26)19-15(22)10-16(29-18(19)9-14)13-6-4-3-5-7-13/h3-12H,1-2H3,(H,23,24)(H,25,26)/t11-,12+/m1/s1. The molecule has 3 aromatic rings. The maximum absolute atomic E-state index is 12.8. The van der Waals surface area contributed by atoms with Crippen LogP contribution in [0.3, 0.4) is 0 Å². The Balaban J connectivity index is 2.19. The second-order valence-corrected chi connectivity index (χ2v) is 6.33. The van der Waals surface area contributed by atoms with E-state index in [1.165, 1.54) is 32.0 Å². The number of carboxylic acids is 2. The summed E-state index contributed by atoms with van der Waals surface area (Å²) in [4.78, 5) is 35.0. The van der Waals surface area contributed by atoms with Crippen LogP contribution >= 0.6 is 0 Å². The topological polar surface area (TPSA) is 123 Å². The van der Waals surface area contributed by atoms with Crippen molar-refractivity contribution in [2.45, 2.75) is 26.1 Å². The summed E-state index contributed by atoms with van der Waals surface area (Å²) in [5, 5.41) is 18.2. The molecule has 3 rings (SSSR count). The average molecular weight is 398 g/mol. The van der Waals surface area contributed by atoms with Gasteiger partial charge >= 0.3 is 11.9 Å². The average Bonchev–Trinajstić information content (AvgIpc) is 2.67. The van der Waals surface area contributed by atoms with E-state index in [2.05, 4.69) is 0 Å². The lowest BCUT2D eigenvalue weighted by Crippen LogP contribution is -2.24. The monoisotopic (exact) mass is 398 g/mol. The van der Waals surface area contributed by atoms with Gasteiger partial charge in [0.15, 0.2) is 17.6 Å². The summed E-state index contributed by atoms with van der Waals surface area (Å²) < 4.78 is 16.6. The minimum atomic E-state index is -1.25. The van der Waals surface area contributed by atoms with E-state index in [1.807, 2.05) is 6.07 Å². The molecule has 0 aliphatic carbocycles. The summed E-state index contributed by atoms with van der Waals surface area (Å²) in [6.07, 6.45) is -2.43. The van der Waals surface area contributed by atoms with Gasteiger partial charge in [-0.1, -0.05) is 30.3 Å². The molecule has 0 amide bonds. The number of carbonyl (C=O) groups is 2. The van der Waals surface area contributed by atoms with Gasteiger partial charge in [0.2, 0.25) is 0 Å². The molecule has 0 saturated heterocycles. The highest BCUT2D eigenvalue weighted by molar-refractivity contribution is 5.87. The van der Waals surface area contributed by atoms with E-state index in [9.17, 15) is 14.4 Å². The molecule has 0 bridgehead atoms. The Morgan fingerprint density at radius 1 is 0.931 bits per heavy atom. The van der Waals surface area contributed by atoms with E-state index in [4.69, 9.17) is 24.1 Å². The zero-order valence-electron chi connectivity index (χ0n) is 15.6. The Bertz CT molecular complexity index is 1120. The van der Waals surface area contributed by atoms with E-state index >= 15 is 0 Å². The van der Waals surface area contributed by atoms with Crippen LogP contribution in [0.25, 0.3) is 22.3 Å². The number of benzene rings is 2. The quantitative estimate of drug-likeness (QED) is 0.622. The lowest BCUT2D eigenvalue weighted by atomic mass is 10.1. The number of aliphatic carboxylic acids is 2. The number of hydrogen-bond donors (Lipinski definition) is 2. The van der Waals surface area contributed by atoms with Gasteiger partial charge in [-0.25, -0.2) is 9.59 Å². The Morgan fingerprint density at radius 2 is 1.55 bits per heavy atom. The highest BCUT2D eigenvalue weighted by Crippen LogP contribution is 2.33. The molecule has 8 heteroatoms. The van der Waals surface area contributed by atoms with Crippen LogP contribution in [0.4, 0.5) is 0 Å². The predicted molar refractivity (Wildman–Crippen MR) is 103 cm³/mol. The minimum Gasteiger partial charge on any atom is -0.479 e. The molecule has 0 spiro atoms. The van der Waals surface area contributed by atoms with Crippen molar-refractivity contribution < 1.29 is 33.7 Å². The van der Waals surface area contributed by atoms with Crippen LogP contribution in [-0.2, 0) is 9.59 Å². The second-order valence-electron chi connectivity index (χ2n) is 6.33. The zero-order valence-corrected chi connectivity index (χ0v) is 15.6. The van der Waals surface area contributed by atoms with Crippen molar-refractivity contribution in [2.75, 3.05) is 0 Å². The molecule has 1 aromatic heterocycles. The summed E-state index contributed by atoms with van der Waals surface area (Å²) in [5.74, 6) is -2.13. The molecule has 0 saturated carbocycles. The third kappa shape index (κ3) is 4.37. The second kappa shape index (κ2) is 8.05. The van der Waals surface area contributed by atoms with Gasteiger partial charge in [-0.3, -0.25) is 4.79 Å². The van der Waals surface area contributed by atoms with E-state index in [0.29, 0.717) is 11.3 Å². The molecule has 2 aromatic carbocycles. The largest absolute Gasteiger partial charge is 0.479 e. The fourth-order valence-electron chi connectivity index (χ4n) is 2.63. The highest BCUT2D eigenvalue weighted by Gasteiger charge is 2.21. The van der Waals surface area contributed by atoms with Crippen molar-refractivity contribution in [2.24, 2.45) is 0 Å². The molecule has 0 unspecified atom stereocenters. The molecule has 0 radical (unpaired) electrons. The summed E-state index contributed by atoms with van der Waals surface area (Å²) in [5.41, 5.74) is 0.313. The molecule has 2 atom stereocenters. The lowest BCUT2D eigenvalue weighted by Gasteiger charge is -2.16. The van der Waals surface area contributed by atoms with Gasteiger partial charge in [0.1, 0.15) is 28.2 Å². The van der Waals surface area contributed by atoms with E-state index in [0.717, 1.165) is 0 Å². The van der Waals surface area contributed by atoms with Gasteiger partial charge in [0.05, 0.1) is 0 Å². The van der Waals surface area contributed by atoms with Crippen molar-refractivity contribution in [1.29, 1.82) is 0 Å². The molecule has 0 fully saturated rings. The van der Waals surface area contributed by atoms with Gasteiger partial charge in [-0.05, 0) is 13.8 Å². The Hall–Kier alpha value is -3.81. The van der Waals surface area contributed by atoms with Crippen LogP contribution in [0.5, 0.6) is 11.5 Å². The summed E-state index contributed by atoms with van der Waals surface area (Å²) in [6.45, 7) is 2.64. The van der Waals surface area contributed by atoms with Gasteiger partial charge in [-0.2, -0.15) is 0 Å². The molecule has 150 valence electrons. The van der Waals surface area contributed by atoms with Gasteiger partial charge in [-0.15, -0.1) is 0 Å². The van der Waals surface area contributed by atoms with Crippen LogP contribution in [0.15, 0.2) is 57.7 Å². The summed E-state index contributed by atoms with van der Waals surface area (Å²) >= 11 is 0. The minimum absolute atomic E-state index is 0.0353. The predicted octanol–water partition coefficient (Wildman–Crippen LogP) is 3.16. The van der Waals surface area contributed by atoms with Crippen LogP contribution in [0, 0.1) is 0 Å². The zero-order chi connectivity index (χ0) is 21.1. The van der Waals surface area contributed by atoms with Crippen molar-refractivity contribution in [1.82, 2.24) is 0 Å². The number of ether oxygens (including phenoxy) is 2. The molecule has 8 nitrogen and oxygen atoms in total. The van der Waals surface area contributed by atoms with Gasteiger partial charge in [0, 0.05) is 23.8 Å². The SMILES string of the molecule is C[C@H](Oc1cc(O[C@H](C)C(=O)O)cc2oc(-c3ccccc3)cc(=O)c12)C(=O)O. The molecular weight excluding hydrogens is 380 g/mol. The maximum Gasteiger partial charge on any atom is 0.344 e. The first-order valence-corrected chi connectivity index (χ1v) is 8.72. The first-order chi connectivity index (χ1) is 13.8. The molecule has 0 aliphatic heterocycles. The first kappa shape index (κ1) is 19.9. The number of hydrogen-bond acceptors (Lipinski definition) is 6.